The van der Waals surface area contributed by atoms with E-state index in [0.717, 1.165) is 30.0 Å². The Morgan fingerprint density at radius 2 is 2.05 bits per heavy atom. The van der Waals surface area contributed by atoms with E-state index in [1.54, 1.807) is 0 Å². The summed E-state index contributed by atoms with van der Waals surface area (Å²) in [6.07, 6.45) is 4.47. The molecule has 19 heavy (non-hydrogen) atoms. The molecular weight excluding hydrogens is 258 g/mol. The first-order valence-corrected chi connectivity index (χ1v) is 7.39. The maximum Gasteiger partial charge on any atom is 0.0471 e. The lowest BCUT2D eigenvalue weighted by Gasteiger charge is -2.26. The number of halogens is 1. The number of benzene rings is 1. The second-order valence-corrected chi connectivity index (χ2v) is 5.64. The van der Waals surface area contributed by atoms with E-state index >= 15 is 0 Å². The van der Waals surface area contributed by atoms with Gasteiger partial charge in [0.1, 0.15) is 0 Å². The maximum absolute atomic E-state index is 6.00. The lowest BCUT2D eigenvalue weighted by Crippen LogP contribution is -2.43. The van der Waals surface area contributed by atoms with Crippen LogP contribution in [0, 0.1) is 0 Å². The number of hydrogen-bond acceptors (Lipinski definition) is 2. The van der Waals surface area contributed by atoms with Crippen molar-refractivity contribution in [3.63, 3.8) is 0 Å². The third-order valence-corrected chi connectivity index (χ3v) is 4.09. The molecule has 2 heterocycles. The highest BCUT2D eigenvalue weighted by atomic mass is 35.5. The van der Waals surface area contributed by atoms with Crippen LogP contribution in [-0.4, -0.2) is 42.6 Å². The smallest absolute Gasteiger partial charge is 0.0471 e. The molecule has 102 valence electrons. The van der Waals surface area contributed by atoms with E-state index in [1.807, 2.05) is 12.1 Å². The fourth-order valence-electron chi connectivity index (χ4n) is 2.79. The van der Waals surface area contributed by atoms with Crippen LogP contribution in [0.3, 0.4) is 0 Å². The van der Waals surface area contributed by atoms with Gasteiger partial charge in [0.25, 0.3) is 0 Å². The molecule has 0 saturated carbocycles. The van der Waals surface area contributed by atoms with Crippen molar-refractivity contribution in [3.8, 4) is 0 Å². The second-order valence-electron chi connectivity index (χ2n) is 5.20. The molecule has 1 aromatic carbocycles. The number of aromatic amines is 1. The predicted molar refractivity (Wildman–Crippen MR) is 80.9 cm³/mol. The van der Waals surface area contributed by atoms with Crippen LogP contribution in [0.15, 0.2) is 24.4 Å². The Labute approximate surface area is 118 Å². The van der Waals surface area contributed by atoms with Gasteiger partial charge in [0.2, 0.25) is 0 Å². The number of hydrogen-bond donors (Lipinski definition) is 2. The van der Waals surface area contributed by atoms with Gasteiger partial charge in [-0.1, -0.05) is 17.7 Å². The zero-order valence-electron chi connectivity index (χ0n) is 11.1. The molecule has 0 spiro atoms. The Balaban J connectivity index is 1.59. The number of rotatable bonds is 4. The highest BCUT2D eigenvalue weighted by Gasteiger charge is 2.09. The summed E-state index contributed by atoms with van der Waals surface area (Å²) in [5, 5.41) is 5.49. The van der Waals surface area contributed by atoms with Crippen LogP contribution in [0.25, 0.3) is 10.9 Å². The van der Waals surface area contributed by atoms with Crippen molar-refractivity contribution in [2.75, 3.05) is 32.7 Å². The van der Waals surface area contributed by atoms with Crippen LogP contribution in [0.2, 0.25) is 5.02 Å². The average molecular weight is 278 g/mol. The van der Waals surface area contributed by atoms with Gasteiger partial charge in [0.05, 0.1) is 0 Å². The fraction of sp³-hybridized carbons (Fsp3) is 0.467. The van der Waals surface area contributed by atoms with Crippen molar-refractivity contribution >= 4 is 22.5 Å². The van der Waals surface area contributed by atoms with Crippen molar-refractivity contribution in [2.24, 2.45) is 0 Å². The number of aromatic nitrogens is 1. The molecular formula is C15H20ClN3. The molecule has 0 bridgehead atoms. The Morgan fingerprint density at radius 1 is 1.21 bits per heavy atom. The highest BCUT2D eigenvalue weighted by Crippen LogP contribution is 2.23. The minimum absolute atomic E-state index is 0.793. The summed E-state index contributed by atoms with van der Waals surface area (Å²) >= 11 is 6.00. The van der Waals surface area contributed by atoms with E-state index < -0.39 is 0 Å². The number of aryl methyl sites for hydroxylation is 1. The molecule has 3 rings (SSSR count). The topological polar surface area (TPSA) is 31.1 Å². The number of fused-ring (bicyclic) bond motifs is 1. The maximum atomic E-state index is 6.00. The normalized spacial score (nSPS) is 17.1. The lowest BCUT2D eigenvalue weighted by atomic mass is 10.1. The van der Waals surface area contributed by atoms with Gasteiger partial charge in [0.15, 0.2) is 0 Å². The van der Waals surface area contributed by atoms with E-state index in [1.165, 1.54) is 37.0 Å². The van der Waals surface area contributed by atoms with Crippen molar-refractivity contribution in [1.82, 2.24) is 15.2 Å². The van der Waals surface area contributed by atoms with Gasteiger partial charge in [-0.05, 0) is 37.1 Å². The zero-order valence-corrected chi connectivity index (χ0v) is 11.8. The van der Waals surface area contributed by atoms with Gasteiger partial charge < -0.3 is 15.2 Å². The van der Waals surface area contributed by atoms with Crippen LogP contribution < -0.4 is 5.32 Å². The van der Waals surface area contributed by atoms with Gasteiger partial charge >= 0.3 is 0 Å². The number of nitrogens with one attached hydrogen (secondary N) is 2. The molecule has 0 radical (unpaired) electrons. The van der Waals surface area contributed by atoms with Crippen molar-refractivity contribution in [3.05, 3.63) is 35.0 Å². The lowest BCUT2D eigenvalue weighted by molar-refractivity contribution is 0.238. The molecule has 2 aromatic rings. The molecule has 0 unspecified atom stereocenters. The summed E-state index contributed by atoms with van der Waals surface area (Å²) < 4.78 is 0. The summed E-state index contributed by atoms with van der Waals surface area (Å²) in [4.78, 5) is 5.85. The molecule has 2 N–H and O–H groups in total. The molecule has 1 aliphatic rings. The van der Waals surface area contributed by atoms with Gasteiger partial charge in [-0.2, -0.15) is 0 Å². The van der Waals surface area contributed by atoms with Gasteiger partial charge in [-0.25, -0.2) is 0 Å². The standard InChI is InChI=1S/C15H20ClN3/c16-13-3-4-14-12(11-18-15(14)10-13)2-1-7-19-8-5-17-6-9-19/h3-4,10-11,17-18H,1-2,5-9H2. The van der Waals surface area contributed by atoms with E-state index in [2.05, 4.69) is 27.5 Å². The first-order chi connectivity index (χ1) is 9.33. The molecule has 1 saturated heterocycles. The van der Waals surface area contributed by atoms with Gasteiger partial charge in [-0.15, -0.1) is 0 Å². The van der Waals surface area contributed by atoms with E-state index in [4.69, 9.17) is 11.6 Å². The van der Waals surface area contributed by atoms with E-state index in [-0.39, 0.29) is 0 Å². The first-order valence-electron chi connectivity index (χ1n) is 7.01. The Hall–Kier alpha value is -1.03. The van der Waals surface area contributed by atoms with Crippen LogP contribution in [-0.2, 0) is 6.42 Å². The Kier molecular flexibility index (Phi) is 4.06. The minimum atomic E-state index is 0.793. The highest BCUT2D eigenvalue weighted by molar-refractivity contribution is 6.31. The van der Waals surface area contributed by atoms with Crippen LogP contribution in [0.1, 0.15) is 12.0 Å². The number of H-pyrrole nitrogens is 1. The van der Waals surface area contributed by atoms with Gasteiger partial charge in [-0.3, -0.25) is 0 Å². The summed E-state index contributed by atoms with van der Waals surface area (Å²) in [6, 6.07) is 6.09. The van der Waals surface area contributed by atoms with Crippen molar-refractivity contribution < 1.29 is 0 Å². The third-order valence-electron chi connectivity index (χ3n) is 3.86. The van der Waals surface area contributed by atoms with E-state index in [9.17, 15) is 0 Å². The van der Waals surface area contributed by atoms with Crippen LogP contribution in [0.4, 0.5) is 0 Å². The second kappa shape index (κ2) is 5.95. The summed E-state index contributed by atoms with van der Waals surface area (Å²) in [6.45, 7) is 5.83. The summed E-state index contributed by atoms with van der Waals surface area (Å²) in [7, 11) is 0. The van der Waals surface area contributed by atoms with Gasteiger partial charge in [0, 0.05) is 48.3 Å². The molecule has 3 nitrogen and oxygen atoms in total. The average Bonchev–Trinajstić information content (AvgIpc) is 2.82. The van der Waals surface area contributed by atoms with Crippen LogP contribution >= 0.6 is 11.6 Å². The van der Waals surface area contributed by atoms with Crippen LogP contribution in [0.5, 0.6) is 0 Å². The quantitative estimate of drug-likeness (QED) is 0.900. The monoisotopic (exact) mass is 277 g/mol. The first kappa shape index (κ1) is 13.0. The molecule has 0 atom stereocenters. The largest absolute Gasteiger partial charge is 0.361 e. The predicted octanol–water partition coefficient (Wildman–Crippen LogP) is 2.66. The van der Waals surface area contributed by atoms with Crippen molar-refractivity contribution in [2.45, 2.75) is 12.8 Å². The van der Waals surface area contributed by atoms with Crippen molar-refractivity contribution in [1.29, 1.82) is 0 Å². The number of nitrogens with zero attached hydrogens (tertiary/aromatic N) is 1. The molecule has 0 amide bonds. The molecule has 1 fully saturated rings. The summed E-state index contributed by atoms with van der Waals surface area (Å²) in [5.74, 6) is 0. The molecule has 4 heteroatoms. The molecule has 1 aromatic heterocycles. The summed E-state index contributed by atoms with van der Waals surface area (Å²) in [5.41, 5.74) is 2.55. The number of piperazine rings is 1. The fourth-order valence-corrected chi connectivity index (χ4v) is 2.97. The minimum Gasteiger partial charge on any atom is -0.361 e. The van der Waals surface area contributed by atoms with E-state index in [0.29, 0.717) is 0 Å². The Bertz CT molecular complexity index is 543. The zero-order chi connectivity index (χ0) is 13.1. The SMILES string of the molecule is Clc1ccc2c(CCCN3CCNCC3)c[nH]c2c1. The Morgan fingerprint density at radius 3 is 2.89 bits per heavy atom. The molecule has 1 aliphatic heterocycles. The molecule has 0 aliphatic carbocycles. The third kappa shape index (κ3) is 3.11.